The highest BCUT2D eigenvalue weighted by Gasteiger charge is 2.16. The average molecular weight is 321 g/mol. The molecule has 1 aliphatic heterocycles. The summed E-state index contributed by atoms with van der Waals surface area (Å²) in [5.74, 6) is 2.30. The highest BCUT2D eigenvalue weighted by atomic mass is 16.5. The first-order valence-corrected chi connectivity index (χ1v) is 8.88. The summed E-state index contributed by atoms with van der Waals surface area (Å²) >= 11 is 0. The van der Waals surface area contributed by atoms with Gasteiger partial charge in [-0.2, -0.15) is 0 Å². The van der Waals surface area contributed by atoms with Crippen LogP contribution in [0.25, 0.3) is 10.9 Å². The van der Waals surface area contributed by atoms with Crippen LogP contribution in [0, 0.1) is 0 Å². The summed E-state index contributed by atoms with van der Waals surface area (Å²) in [6.45, 7) is 9.76. The van der Waals surface area contributed by atoms with Gasteiger partial charge in [-0.05, 0) is 40.5 Å². The van der Waals surface area contributed by atoms with Crippen LogP contribution in [0.15, 0.2) is 48.7 Å². The van der Waals surface area contributed by atoms with Crippen molar-refractivity contribution in [2.45, 2.75) is 46.0 Å². The van der Waals surface area contributed by atoms with Gasteiger partial charge < -0.3 is 9.72 Å². The second-order valence-electron chi connectivity index (χ2n) is 7.02. The molecule has 4 rings (SSSR count). The maximum atomic E-state index is 5.49. The van der Waals surface area contributed by atoms with Gasteiger partial charge in [0.2, 0.25) is 0 Å². The van der Waals surface area contributed by atoms with Crippen LogP contribution in [0.3, 0.4) is 0 Å². The van der Waals surface area contributed by atoms with Crippen molar-refractivity contribution >= 4 is 10.9 Å². The van der Waals surface area contributed by atoms with Crippen LogP contribution >= 0.6 is 0 Å². The van der Waals surface area contributed by atoms with E-state index >= 15 is 0 Å². The van der Waals surface area contributed by atoms with E-state index in [9.17, 15) is 0 Å². The summed E-state index contributed by atoms with van der Waals surface area (Å²) in [4.78, 5) is 3.27. The lowest BCUT2D eigenvalue weighted by atomic mass is 9.96. The van der Waals surface area contributed by atoms with E-state index in [0.717, 1.165) is 18.8 Å². The molecule has 0 atom stereocenters. The standard InChI is InChI=1S/C11H13N.C11H14O/c1-8(2)10-5-3-4-9-6-7-12-11(9)10;1-8(2)9-4-3-5-11-10(9)6-7-12-11/h3-8,12H,1-2H3;3-5,8H,6-7H2,1-2H3. The van der Waals surface area contributed by atoms with E-state index in [1.165, 1.54) is 27.6 Å². The molecular weight excluding hydrogens is 294 g/mol. The Kier molecular flexibility index (Phi) is 4.94. The topological polar surface area (TPSA) is 25.0 Å². The van der Waals surface area contributed by atoms with E-state index in [-0.39, 0.29) is 0 Å². The number of fused-ring (bicyclic) bond motifs is 2. The Bertz CT molecular complexity index is 814. The van der Waals surface area contributed by atoms with Crippen LogP contribution in [0.5, 0.6) is 5.75 Å². The molecule has 0 saturated heterocycles. The van der Waals surface area contributed by atoms with Crippen molar-refractivity contribution in [1.29, 1.82) is 0 Å². The summed E-state index contributed by atoms with van der Waals surface area (Å²) in [5, 5.41) is 1.31. The Morgan fingerprint density at radius 2 is 1.58 bits per heavy atom. The largest absolute Gasteiger partial charge is 0.493 e. The molecule has 0 fully saturated rings. The summed E-state index contributed by atoms with van der Waals surface area (Å²) in [6.07, 6.45) is 3.08. The normalized spacial score (nSPS) is 12.9. The molecule has 2 aromatic carbocycles. The third kappa shape index (κ3) is 3.33. The molecule has 0 aliphatic carbocycles. The number of rotatable bonds is 2. The number of ether oxygens (including phenoxy) is 1. The highest BCUT2D eigenvalue weighted by molar-refractivity contribution is 5.82. The van der Waals surface area contributed by atoms with Crippen molar-refractivity contribution < 1.29 is 4.74 Å². The number of H-pyrrole nitrogens is 1. The van der Waals surface area contributed by atoms with Crippen LogP contribution in [0.4, 0.5) is 0 Å². The second kappa shape index (κ2) is 7.12. The predicted molar refractivity (Wildman–Crippen MR) is 102 cm³/mol. The highest BCUT2D eigenvalue weighted by Crippen LogP contribution is 2.31. The molecule has 0 spiro atoms. The van der Waals surface area contributed by atoms with Gasteiger partial charge in [-0.25, -0.2) is 0 Å². The number of benzene rings is 2. The molecular formula is C22H27NO. The SMILES string of the molecule is CC(C)c1cccc2c1CCO2.CC(C)c1cccc2cc[nH]c12. The van der Waals surface area contributed by atoms with Crippen LogP contribution in [0.2, 0.25) is 0 Å². The number of hydrogen-bond acceptors (Lipinski definition) is 1. The van der Waals surface area contributed by atoms with Gasteiger partial charge in [0.1, 0.15) is 5.75 Å². The molecule has 126 valence electrons. The summed E-state index contributed by atoms with van der Waals surface area (Å²) in [7, 11) is 0. The van der Waals surface area contributed by atoms with Crippen molar-refractivity contribution in [2.75, 3.05) is 6.61 Å². The molecule has 1 aliphatic rings. The van der Waals surface area contributed by atoms with Gasteiger partial charge in [-0.15, -0.1) is 0 Å². The monoisotopic (exact) mass is 321 g/mol. The number of hydrogen-bond donors (Lipinski definition) is 1. The Hall–Kier alpha value is -2.22. The number of aromatic nitrogens is 1. The molecule has 0 bridgehead atoms. The number of aromatic amines is 1. The van der Waals surface area contributed by atoms with E-state index in [0.29, 0.717) is 11.8 Å². The summed E-state index contributed by atoms with van der Waals surface area (Å²) < 4.78 is 5.49. The van der Waals surface area contributed by atoms with E-state index < -0.39 is 0 Å². The lowest BCUT2D eigenvalue weighted by Crippen LogP contribution is -1.92. The minimum Gasteiger partial charge on any atom is -0.493 e. The fourth-order valence-corrected chi connectivity index (χ4v) is 3.38. The van der Waals surface area contributed by atoms with Gasteiger partial charge >= 0.3 is 0 Å². The average Bonchev–Trinajstić information content (AvgIpc) is 3.23. The van der Waals surface area contributed by atoms with E-state index in [1.54, 1.807) is 0 Å². The third-order valence-electron chi connectivity index (χ3n) is 4.64. The minimum atomic E-state index is 0.590. The van der Waals surface area contributed by atoms with Crippen molar-refractivity contribution in [3.63, 3.8) is 0 Å². The molecule has 0 amide bonds. The fraction of sp³-hybridized carbons (Fsp3) is 0.364. The van der Waals surface area contributed by atoms with E-state index in [2.05, 4.69) is 75.1 Å². The third-order valence-corrected chi connectivity index (χ3v) is 4.64. The van der Waals surface area contributed by atoms with Crippen molar-refractivity contribution in [3.8, 4) is 5.75 Å². The molecule has 2 heterocycles. The van der Waals surface area contributed by atoms with Gasteiger partial charge in [0.25, 0.3) is 0 Å². The molecule has 1 aromatic heterocycles. The quantitative estimate of drug-likeness (QED) is 0.612. The van der Waals surface area contributed by atoms with Crippen molar-refractivity contribution in [3.05, 3.63) is 65.4 Å². The minimum absolute atomic E-state index is 0.590. The van der Waals surface area contributed by atoms with Gasteiger partial charge in [-0.3, -0.25) is 0 Å². The molecule has 2 nitrogen and oxygen atoms in total. The molecule has 3 aromatic rings. The Morgan fingerprint density at radius 1 is 0.875 bits per heavy atom. The van der Waals surface area contributed by atoms with Gasteiger partial charge in [0.15, 0.2) is 0 Å². The van der Waals surface area contributed by atoms with Gasteiger partial charge in [0.05, 0.1) is 6.61 Å². The summed E-state index contributed by atoms with van der Waals surface area (Å²) in [5.41, 5.74) is 5.56. The van der Waals surface area contributed by atoms with Crippen LogP contribution < -0.4 is 4.74 Å². The van der Waals surface area contributed by atoms with E-state index in [1.807, 2.05) is 6.20 Å². The molecule has 24 heavy (non-hydrogen) atoms. The zero-order valence-corrected chi connectivity index (χ0v) is 15.1. The molecule has 2 heteroatoms. The molecule has 1 N–H and O–H groups in total. The lowest BCUT2D eigenvalue weighted by molar-refractivity contribution is 0.357. The first-order chi connectivity index (χ1) is 11.6. The number of para-hydroxylation sites is 1. The Morgan fingerprint density at radius 3 is 2.33 bits per heavy atom. The van der Waals surface area contributed by atoms with Gasteiger partial charge in [-0.1, -0.05) is 58.0 Å². The smallest absolute Gasteiger partial charge is 0.122 e. The van der Waals surface area contributed by atoms with Crippen LogP contribution in [-0.4, -0.2) is 11.6 Å². The Balaban J connectivity index is 0.000000141. The van der Waals surface area contributed by atoms with Crippen LogP contribution in [-0.2, 0) is 6.42 Å². The zero-order valence-electron chi connectivity index (χ0n) is 15.1. The summed E-state index contributed by atoms with van der Waals surface area (Å²) in [6, 6.07) is 14.9. The maximum absolute atomic E-state index is 5.49. The predicted octanol–water partition coefficient (Wildman–Crippen LogP) is 6.04. The molecule has 0 radical (unpaired) electrons. The van der Waals surface area contributed by atoms with Crippen LogP contribution in [0.1, 0.15) is 56.2 Å². The lowest BCUT2D eigenvalue weighted by Gasteiger charge is -2.09. The van der Waals surface area contributed by atoms with E-state index in [4.69, 9.17) is 4.74 Å². The molecule has 0 unspecified atom stereocenters. The molecule has 0 saturated carbocycles. The van der Waals surface area contributed by atoms with Crippen molar-refractivity contribution in [1.82, 2.24) is 4.98 Å². The maximum Gasteiger partial charge on any atom is 0.122 e. The number of nitrogens with one attached hydrogen (secondary N) is 1. The fourth-order valence-electron chi connectivity index (χ4n) is 3.38. The zero-order chi connectivity index (χ0) is 17.1. The van der Waals surface area contributed by atoms with Crippen molar-refractivity contribution in [2.24, 2.45) is 0 Å². The van der Waals surface area contributed by atoms with Gasteiger partial charge in [0, 0.05) is 23.7 Å². The first-order valence-electron chi connectivity index (χ1n) is 8.88. The Labute approximate surface area is 144 Å². The second-order valence-corrected chi connectivity index (χ2v) is 7.02. The first kappa shape index (κ1) is 16.6.